The molecule has 0 saturated heterocycles. The maximum absolute atomic E-state index is 11.7. The van der Waals surface area contributed by atoms with E-state index in [9.17, 15) is 23.1 Å². The SMILES string of the molecule is CC(C)CC(O)CNCC(=O)NCC(F)(F)F. The van der Waals surface area contributed by atoms with Crippen molar-refractivity contribution < 1.29 is 23.1 Å². The summed E-state index contributed by atoms with van der Waals surface area (Å²) in [5.74, 6) is -0.412. The van der Waals surface area contributed by atoms with E-state index < -0.39 is 24.7 Å². The molecule has 1 atom stereocenters. The highest BCUT2D eigenvalue weighted by Crippen LogP contribution is 2.11. The molecule has 0 fully saturated rings. The van der Waals surface area contributed by atoms with E-state index in [1.54, 1.807) is 5.32 Å². The smallest absolute Gasteiger partial charge is 0.392 e. The molecular formula is C10H19F3N2O2. The first-order valence-electron chi connectivity index (χ1n) is 5.43. The van der Waals surface area contributed by atoms with Crippen molar-refractivity contribution in [3.05, 3.63) is 0 Å². The number of carbonyl (C=O) groups excluding carboxylic acids is 1. The molecule has 0 aliphatic carbocycles. The maximum atomic E-state index is 11.7. The van der Waals surface area contributed by atoms with E-state index in [0.717, 1.165) is 0 Å². The molecule has 0 saturated carbocycles. The minimum Gasteiger partial charge on any atom is -0.392 e. The van der Waals surface area contributed by atoms with Crippen LogP contribution < -0.4 is 10.6 Å². The number of rotatable bonds is 7. The Bertz CT molecular complexity index is 232. The predicted octanol–water partition coefficient (Wildman–Crippen LogP) is 0.661. The van der Waals surface area contributed by atoms with Gasteiger partial charge in [-0.25, -0.2) is 0 Å². The van der Waals surface area contributed by atoms with Crippen molar-refractivity contribution in [2.75, 3.05) is 19.6 Å². The lowest BCUT2D eigenvalue weighted by Gasteiger charge is -2.14. The lowest BCUT2D eigenvalue weighted by molar-refractivity contribution is -0.137. The Labute approximate surface area is 98.6 Å². The minimum absolute atomic E-state index is 0.192. The highest BCUT2D eigenvalue weighted by molar-refractivity contribution is 5.77. The van der Waals surface area contributed by atoms with E-state index in [1.807, 2.05) is 13.8 Å². The van der Waals surface area contributed by atoms with Gasteiger partial charge in [0.15, 0.2) is 0 Å². The summed E-state index contributed by atoms with van der Waals surface area (Å²) < 4.78 is 35.2. The fourth-order valence-electron chi connectivity index (χ4n) is 1.24. The van der Waals surface area contributed by atoms with E-state index in [2.05, 4.69) is 5.32 Å². The molecule has 0 radical (unpaired) electrons. The van der Waals surface area contributed by atoms with Crippen LogP contribution in [0.3, 0.4) is 0 Å². The van der Waals surface area contributed by atoms with Crippen LogP contribution in [0.4, 0.5) is 13.2 Å². The van der Waals surface area contributed by atoms with E-state index in [-0.39, 0.29) is 13.1 Å². The monoisotopic (exact) mass is 256 g/mol. The van der Waals surface area contributed by atoms with Gasteiger partial charge in [-0.3, -0.25) is 4.79 Å². The number of aliphatic hydroxyl groups excluding tert-OH is 1. The molecule has 0 aromatic rings. The first-order chi connectivity index (χ1) is 7.70. The number of hydrogen-bond acceptors (Lipinski definition) is 3. The van der Waals surface area contributed by atoms with Crippen LogP contribution in [0.15, 0.2) is 0 Å². The predicted molar refractivity (Wildman–Crippen MR) is 57.4 cm³/mol. The Kier molecular flexibility index (Phi) is 7.13. The number of nitrogens with one attached hydrogen (secondary N) is 2. The van der Waals surface area contributed by atoms with Crippen molar-refractivity contribution in [1.82, 2.24) is 10.6 Å². The summed E-state index contributed by atoms with van der Waals surface area (Å²) in [7, 11) is 0. The molecule has 0 aromatic heterocycles. The second-order valence-corrected chi connectivity index (χ2v) is 4.31. The van der Waals surface area contributed by atoms with Gasteiger partial charge in [0.1, 0.15) is 6.54 Å². The first kappa shape index (κ1) is 16.2. The molecule has 0 bridgehead atoms. The van der Waals surface area contributed by atoms with Gasteiger partial charge in [-0.15, -0.1) is 0 Å². The van der Waals surface area contributed by atoms with Gasteiger partial charge >= 0.3 is 6.18 Å². The van der Waals surface area contributed by atoms with E-state index in [1.165, 1.54) is 0 Å². The van der Waals surface area contributed by atoms with Crippen molar-refractivity contribution in [3.63, 3.8) is 0 Å². The molecule has 0 spiro atoms. The van der Waals surface area contributed by atoms with Crippen LogP contribution in [-0.2, 0) is 4.79 Å². The standard InChI is InChI=1S/C10H19F3N2O2/c1-7(2)3-8(16)4-14-5-9(17)15-6-10(11,12)13/h7-8,14,16H,3-6H2,1-2H3,(H,15,17). The Morgan fingerprint density at radius 1 is 1.35 bits per heavy atom. The van der Waals surface area contributed by atoms with Gasteiger partial charge in [-0.1, -0.05) is 13.8 Å². The molecule has 0 rings (SSSR count). The molecule has 0 aliphatic rings. The van der Waals surface area contributed by atoms with Crippen LogP contribution in [0.25, 0.3) is 0 Å². The van der Waals surface area contributed by atoms with Gasteiger partial charge in [-0.05, 0) is 12.3 Å². The fraction of sp³-hybridized carbons (Fsp3) is 0.900. The summed E-state index contributed by atoms with van der Waals surface area (Å²) in [4.78, 5) is 10.9. The van der Waals surface area contributed by atoms with Crippen molar-refractivity contribution in [1.29, 1.82) is 0 Å². The molecule has 17 heavy (non-hydrogen) atoms. The normalized spacial score (nSPS) is 13.8. The molecule has 0 aliphatic heterocycles. The summed E-state index contributed by atoms with van der Waals surface area (Å²) in [6, 6.07) is 0. The quantitative estimate of drug-likeness (QED) is 0.627. The topological polar surface area (TPSA) is 61.4 Å². The van der Waals surface area contributed by atoms with Gasteiger partial charge in [0.2, 0.25) is 5.91 Å². The molecule has 3 N–H and O–H groups in total. The lowest BCUT2D eigenvalue weighted by atomic mass is 10.1. The Balaban J connectivity index is 3.58. The fourth-order valence-corrected chi connectivity index (χ4v) is 1.24. The second-order valence-electron chi connectivity index (χ2n) is 4.31. The zero-order chi connectivity index (χ0) is 13.5. The molecule has 7 heteroatoms. The molecule has 1 amide bonds. The zero-order valence-electron chi connectivity index (χ0n) is 9.97. The Morgan fingerprint density at radius 2 is 1.94 bits per heavy atom. The van der Waals surface area contributed by atoms with Gasteiger partial charge in [-0.2, -0.15) is 13.2 Å². The van der Waals surface area contributed by atoms with Gasteiger partial charge in [0, 0.05) is 6.54 Å². The average Bonchev–Trinajstić information content (AvgIpc) is 2.12. The van der Waals surface area contributed by atoms with Crippen LogP contribution in [0, 0.1) is 5.92 Å². The lowest BCUT2D eigenvalue weighted by Crippen LogP contribution is -2.41. The summed E-state index contributed by atoms with van der Waals surface area (Å²) >= 11 is 0. The zero-order valence-corrected chi connectivity index (χ0v) is 9.97. The average molecular weight is 256 g/mol. The van der Waals surface area contributed by atoms with Crippen molar-refractivity contribution in [2.45, 2.75) is 32.5 Å². The van der Waals surface area contributed by atoms with Crippen LogP contribution in [0.2, 0.25) is 0 Å². The first-order valence-corrected chi connectivity index (χ1v) is 5.43. The maximum Gasteiger partial charge on any atom is 0.405 e. The second kappa shape index (κ2) is 7.50. The van der Waals surface area contributed by atoms with E-state index >= 15 is 0 Å². The minimum atomic E-state index is -4.40. The number of amides is 1. The molecule has 1 unspecified atom stereocenters. The molecule has 102 valence electrons. The van der Waals surface area contributed by atoms with Crippen molar-refractivity contribution in [2.24, 2.45) is 5.92 Å². The molecular weight excluding hydrogens is 237 g/mol. The third-order valence-corrected chi connectivity index (χ3v) is 1.90. The van der Waals surface area contributed by atoms with Crippen molar-refractivity contribution in [3.8, 4) is 0 Å². The number of hydrogen-bond donors (Lipinski definition) is 3. The third kappa shape index (κ3) is 11.4. The van der Waals surface area contributed by atoms with Crippen LogP contribution in [0.5, 0.6) is 0 Å². The van der Waals surface area contributed by atoms with Crippen LogP contribution in [0.1, 0.15) is 20.3 Å². The highest BCUT2D eigenvalue weighted by Gasteiger charge is 2.27. The Morgan fingerprint density at radius 3 is 2.41 bits per heavy atom. The molecule has 0 aromatic carbocycles. The number of aliphatic hydroxyl groups is 1. The van der Waals surface area contributed by atoms with Crippen LogP contribution >= 0.6 is 0 Å². The van der Waals surface area contributed by atoms with Gasteiger partial charge in [0.25, 0.3) is 0 Å². The van der Waals surface area contributed by atoms with Crippen LogP contribution in [-0.4, -0.2) is 42.9 Å². The van der Waals surface area contributed by atoms with Gasteiger partial charge in [0.05, 0.1) is 12.6 Å². The Hall–Kier alpha value is -0.820. The summed E-state index contributed by atoms with van der Waals surface area (Å²) in [6.07, 6.45) is -4.41. The summed E-state index contributed by atoms with van der Waals surface area (Å²) in [5, 5.41) is 13.7. The summed E-state index contributed by atoms with van der Waals surface area (Å²) in [6.45, 7) is 2.52. The summed E-state index contributed by atoms with van der Waals surface area (Å²) in [5.41, 5.74) is 0. The van der Waals surface area contributed by atoms with E-state index in [0.29, 0.717) is 12.3 Å². The van der Waals surface area contributed by atoms with E-state index in [4.69, 9.17) is 0 Å². The number of carbonyl (C=O) groups is 1. The highest BCUT2D eigenvalue weighted by atomic mass is 19.4. The number of alkyl halides is 3. The number of halogens is 3. The van der Waals surface area contributed by atoms with Gasteiger partial charge < -0.3 is 15.7 Å². The van der Waals surface area contributed by atoms with Crippen molar-refractivity contribution >= 4 is 5.91 Å². The third-order valence-electron chi connectivity index (χ3n) is 1.90. The largest absolute Gasteiger partial charge is 0.405 e. The molecule has 4 nitrogen and oxygen atoms in total. The molecule has 0 heterocycles.